The summed E-state index contributed by atoms with van der Waals surface area (Å²) in [6.45, 7) is 2.71. The molecule has 1 heterocycles. The second-order valence-corrected chi connectivity index (χ2v) is 3.24. The Bertz CT molecular complexity index is 155. The first-order valence-electron chi connectivity index (χ1n) is 4.38. The first kappa shape index (κ1) is 9.48. The van der Waals surface area contributed by atoms with E-state index in [0.29, 0.717) is 0 Å². The van der Waals surface area contributed by atoms with E-state index in [2.05, 4.69) is 10.6 Å². The van der Waals surface area contributed by atoms with Gasteiger partial charge in [0, 0.05) is 6.04 Å². The van der Waals surface area contributed by atoms with Crippen LogP contribution in [-0.2, 0) is 4.79 Å². The van der Waals surface area contributed by atoms with E-state index < -0.39 is 0 Å². The Morgan fingerprint density at radius 1 is 1.83 bits per heavy atom. The van der Waals surface area contributed by atoms with Gasteiger partial charge >= 0.3 is 0 Å². The van der Waals surface area contributed by atoms with Gasteiger partial charge in [-0.3, -0.25) is 4.79 Å². The molecule has 2 atom stereocenters. The zero-order chi connectivity index (χ0) is 8.97. The van der Waals surface area contributed by atoms with Gasteiger partial charge in [0.25, 0.3) is 0 Å². The number of hydrogen-bond donors (Lipinski definition) is 3. The van der Waals surface area contributed by atoms with Crippen LogP contribution >= 0.6 is 0 Å². The van der Waals surface area contributed by atoms with Crippen LogP contribution in [0.2, 0.25) is 0 Å². The lowest BCUT2D eigenvalue weighted by Crippen LogP contribution is -2.45. The van der Waals surface area contributed by atoms with E-state index >= 15 is 0 Å². The highest BCUT2D eigenvalue weighted by Gasteiger charge is 2.22. The predicted molar refractivity (Wildman–Crippen MR) is 45.7 cm³/mol. The molecule has 0 saturated carbocycles. The molecule has 1 saturated heterocycles. The fourth-order valence-electron chi connectivity index (χ4n) is 1.30. The Kier molecular flexibility index (Phi) is 3.49. The molecule has 1 amide bonds. The zero-order valence-electron chi connectivity index (χ0n) is 7.34. The number of carbonyl (C=O) groups is 1. The molecule has 1 aliphatic heterocycles. The summed E-state index contributed by atoms with van der Waals surface area (Å²) >= 11 is 0. The van der Waals surface area contributed by atoms with Gasteiger partial charge in [0.1, 0.15) is 0 Å². The average Bonchev–Trinajstić information content (AvgIpc) is 2.56. The number of amides is 1. The molecule has 12 heavy (non-hydrogen) atoms. The fourth-order valence-corrected chi connectivity index (χ4v) is 1.30. The third-order valence-electron chi connectivity index (χ3n) is 2.04. The number of rotatable bonds is 3. The molecule has 0 spiro atoms. The van der Waals surface area contributed by atoms with Crippen LogP contribution < -0.4 is 10.6 Å². The molecule has 0 radical (unpaired) electrons. The SMILES string of the molecule is C[C@H](CO)NC(=O)[C@H]1CCCN1. The van der Waals surface area contributed by atoms with Crippen molar-refractivity contribution in [3.05, 3.63) is 0 Å². The molecule has 0 aliphatic carbocycles. The Balaban J connectivity index is 2.27. The monoisotopic (exact) mass is 172 g/mol. The first-order chi connectivity index (χ1) is 5.74. The Hall–Kier alpha value is -0.610. The molecule has 1 aliphatic rings. The Labute approximate surface area is 72.3 Å². The smallest absolute Gasteiger partial charge is 0.237 e. The molecule has 1 fully saturated rings. The van der Waals surface area contributed by atoms with E-state index in [9.17, 15) is 4.79 Å². The van der Waals surface area contributed by atoms with Gasteiger partial charge < -0.3 is 15.7 Å². The molecule has 1 rings (SSSR count). The largest absolute Gasteiger partial charge is 0.394 e. The van der Waals surface area contributed by atoms with Crippen molar-refractivity contribution < 1.29 is 9.90 Å². The summed E-state index contributed by atoms with van der Waals surface area (Å²) in [6, 6.07) is -0.182. The predicted octanol–water partition coefficient (Wildman–Crippen LogP) is -0.765. The lowest BCUT2D eigenvalue weighted by Gasteiger charge is -2.14. The molecular formula is C8H16N2O2. The van der Waals surface area contributed by atoms with Crippen LogP contribution in [0, 0.1) is 0 Å². The van der Waals surface area contributed by atoms with E-state index in [1.165, 1.54) is 0 Å². The summed E-state index contributed by atoms with van der Waals surface area (Å²) in [6.07, 6.45) is 1.97. The third kappa shape index (κ3) is 2.46. The van der Waals surface area contributed by atoms with E-state index in [1.807, 2.05) is 0 Å². The molecular weight excluding hydrogens is 156 g/mol. The van der Waals surface area contributed by atoms with Crippen molar-refractivity contribution in [2.75, 3.05) is 13.2 Å². The van der Waals surface area contributed by atoms with Crippen molar-refractivity contribution >= 4 is 5.91 Å². The minimum Gasteiger partial charge on any atom is -0.394 e. The normalized spacial score (nSPS) is 25.3. The average molecular weight is 172 g/mol. The number of aliphatic hydroxyl groups is 1. The van der Waals surface area contributed by atoms with Crippen LogP contribution in [0.25, 0.3) is 0 Å². The van der Waals surface area contributed by atoms with E-state index in [-0.39, 0.29) is 24.6 Å². The van der Waals surface area contributed by atoms with Crippen LogP contribution in [0.15, 0.2) is 0 Å². The van der Waals surface area contributed by atoms with Gasteiger partial charge in [0.05, 0.1) is 12.6 Å². The molecule has 4 nitrogen and oxygen atoms in total. The summed E-state index contributed by atoms with van der Waals surface area (Å²) in [5.74, 6) is 0.00838. The highest BCUT2D eigenvalue weighted by Crippen LogP contribution is 2.04. The topological polar surface area (TPSA) is 61.4 Å². The molecule has 70 valence electrons. The molecule has 4 heteroatoms. The molecule has 0 aromatic rings. The van der Waals surface area contributed by atoms with Crippen LogP contribution in [0.3, 0.4) is 0 Å². The second kappa shape index (κ2) is 4.42. The van der Waals surface area contributed by atoms with Crippen molar-refractivity contribution in [1.82, 2.24) is 10.6 Å². The van der Waals surface area contributed by atoms with Crippen LogP contribution in [0.1, 0.15) is 19.8 Å². The van der Waals surface area contributed by atoms with Crippen molar-refractivity contribution in [3.63, 3.8) is 0 Å². The van der Waals surface area contributed by atoms with Crippen molar-refractivity contribution in [1.29, 1.82) is 0 Å². The van der Waals surface area contributed by atoms with E-state index in [1.54, 1.807) is 6.92 Å². The molecule has 0 unspecified atom stereocenters. The minimum absolute atomic E-state index is 0.00153. The van der Waals surface area contributed by atoms with Gasteiger partial charge in [-0.05, 0) is 26.3 Å². The summed E-state index contributed by atoms with van der Waals surface area (Å²) in [4.78, 5) is 11.3. The van der Waals surface area contributed by atoms with Crippen molar-refractivity contribution in [2.24, 2.45) is 0 Å². The fraction of sp³-hybridized carbons (Fsp3) is 0.875. The number of carbonyl (C=O) groups excluding carboxylic acids is 1. The maximum Gasteiger partial charge on any atom is 0.237 e. The molecule has 0 aromatic heterocycles. The van der Waals surface area contributed by atoms with Gasteiger partial charge in [0.15, 0.2) is 0 Å². The van der Waals surface area contributed by atoms with Crippen LogP contribution in [0.5, 0.6) is 0 Å². The highest BCUT2D eigenvalue weighted by atomic mass is 16.3. The van der Waals surface area contributed by atoms with E-state index in [0.717, 1.165) is 19.4 Å². The van der Waals surface area contributed by atoms with Gasteiger partial charge in [-0.15, -0.1) is 0 Å². The van der Waals surface area contributed by atoms with Crippen molar-refractivity contribution in [3.8, 4) is 0 Å². The molecule has 0 aromatic carbocycles. The van der Waals surface area contributed by atoms with Crippen molar-refractivity contribution in [2.45, 2.75) is 31.8 Å². The summed E-state index contributed by atoms with van der Waals surface area (Å²) in [7, 11) is 0. The number of hydrogen-bond acceptors (Lipinski definition) is 3. The van der Waals surface area contributed by atoms with Gasteiger partial charge in [-0.1, -0.05) is 0 Å². The number of nitrogens with one attached hydrogen (secondary N) is 2. The second-order valence-electron chi connectivity index (χ2n) is 3.24. The quantitative estimate of drug-likeness (QED) is 0.524. The maximum absolute atomic E-state index is 11.3. The van der Waals surface area contributed by atoms with Crippen LogP contribution in [0.4, 0.5) is 0 Å². The lowest BCUT2D eigenvalue weighted by molar-refractivity contribution is -0.123. The van der Waals surface area contributed by atoms with Gasteiger partial charge in [0.2, 0.25) is 5.91 Å². The lowest BCUT2D eigenvalue weighted by atomic mass is 10.2. The third-order valence-corrected chi connectivity index (χ3v) is 2.04. The highest BCUT2D eigenvalue weighted by molar-refractivity contribution is 5.82. The molecule has 3 N–H and O–H groups in total. The standard InChI is InChI=1S/C8H16N2O2/c1-6(5-11)10-8(12)7-3-2-4-9-7/h6-7,9,11H,2-5H2,1H3,(H,10,12)/t6-,7-/m1/s1. The van der Waals surface area contributed by atoms with Crippen LogP contribution in [-0.4, -0.2) is 36.2 Å². The van der Waals surface area contributed by atoms with Gasteiger partial charge in [-0.25, -0.2) is 0 Å². The summed E-state index contributed by atoms with van der Waals surface area (Å²) in [5.41, 5.74) is 0. The first-order valence-corrected chi connectivity index (χ1v) is 4.38. The Morgan fingerprint density at radius 2 is 2.58 bits per heavy atom. The summed E-state index contributed by atoms with van der Waals surface area (Å²) < 4.78 is 0. The van der Waals surface area contributed by atoms with E-state index in [4.69, 9.17) is 5.11 Å². The molecule has 0 bridgehead atoms. The maximum atomic E-state index is 11.3. The summed E-state index contributed by atoms with van der Waals surface area (Å²) in [5, 5.41) is 14.5. The number of aliphatic hydroxyl groups excluding tert-OH is 1. The minimum atomic E-state index is -0.139. The Morgan fingerprint density at radius 3 is 3.08 bits per heavy atom. The zero-order valence-corrected chi connectivity index (χ0v) is 7.34. The van der Waals surface area contributed by atoms with Gasteiger partial charge in [-0.2, -0.15) is 0 Å².